The van der Waals surface area contributed by atoms with E-state index in [0.717, 1.165) is 16.0 Å². The molecular weight excluding hydrogens is 441 g/mol. The smallest absolute Gasteiger partial charge is 0.359 e. The van der Waals surface area contributed by atoms with Crippen LogP contribution < -0.4 is 9.88 Å². The molecule has 3 aromatic carbocycles. The Morgan fingerprint density at radius 1 is 0.939 bits per heavy atom. The zero-order chi connectivity index (χ0) is 22.9. The van der Waals surface area contributed by atoms with E-state index in [1.165, 1.54) is 23.9 Å². The lowest BCUT2D eigenvalue weighted by molar-refractivity contribution is -0.554. The van der Waals surface area contributed by atoms with E-state index in [-0.39, 0.29) is 23.2 Å². The molecular formula is C25H19FN3O3S+. The average Bonchev–Trinajstić information content (AvgIpc) is 3.13. The van der Waals surface area contributed by atoms with Crippen LogP contribution in [0.3, 0.4) is 0 Å². The predicted molar refractivity (Wildman–Crippen MR) is 122 cm³/mol. The number of halogens is 1. The minimum atomic E-state index is -0.501. The number of anilines is 1. The Labute approximate surface area is 193 Å². The summed E-state index contributed by atoms with van der Waals surface area (Å²) in [4.78, 5) is 18.8. The highest BCUT2D eigenvalue weighted by atomic mass is 32.2. The van der Waals surface area contributed by atoms with Crippen molar-refractivity contribution in [2.24, 2.45) is 0 Å². The summed E-state index contributed by atoms with van der Waals surface area (Å²) in [5.41, 5.74) is 2.23. The maximum atomic E-state index is 13.4. The van der Waals surface area contributed by atoms with Crippen molar-refractivity contribution in [2.45, 2.75) is 22.4 Å². The van der Waals surface area contributed by atoms with Crippen LogP contribution in [0.4, 0.5) is 10.2 Å². The van der Waals surface area contributed by atoms with Crippen molar-refractivity contribution < 1.29 is 24.0 Å². The molecule has 0 aliphatic carbocycles. The van der Waals surface area contributed by atoms with E-state index < -0.39 is 6.04 Å². The van der Waals surface area contributed by atoms with Gasteiger partial charge in [0.05, 0.1) is 0 Å². The van der Waals surface area contributed by atoms with Crippen molar-refractivity contribution in [3.8, 4) is 22.8 Å². The van der Waals surface area contributed by atoms with Crippen LogP contribution in [0.1, 0.15) is 10.4 Å². The Balaban J connectivity index is 1.53. The van der Waals surface area contributed by atoms with Crippen molar-refractivity contribution in [3.63, 3.8) is 0 Å². The summed E-state index contributed by atoms with van der Waals surface area (Å²) in [6.45, 7) is 0. The molecule has 4 aromatic rings. The van der Waals surface area contributed by atoms with Crippen molar-refractivity contribution in [1.29, 1.82) is 0 Å². The maximum absolute atomic E-state index is 13.4. The number of nitrogens with one attached hydrogen (secondary N) is 1. The molecule has 8 heteroatoms. The average molecular weight is 461 g/mol. The largest absolute Gasteiger partial charge is 0.508 e. The number of rotatable bonds is 5. The van der Waals surface area contributed by atoms with Crippen LogP contribution >= 0.6 is 11.8 Å². The van der Waals surface area contributed by atoms with E-state index >= 15 is 0 Å². The molecule has 164 valence electrons. The lowest BCUT2D eigenvalue weighted by Gasteiger charge is -2.07. The predicted octanol–water partition coefficient (Wildman–Crippen LogP) is 4.41. The monoisotopic (exact) mass is 460 g/mol. The highest BCUT2D eigenvalue weighted by Gasteiger charge is 2.41. The van der Waals surface area contributed by atoms with E-state index in [9.17, 15) is 19.4 Å². The molecule has 0 bridgehead atoms. The molecule has 0 spiro atoms. The van der Waals surface area contributed by atoms with Crippen LogP contribution in [0.15, 0.2) is 88.9 Å². The van der Waals surface area contributed by atoms with Gasteiger partial charge in [0.2, 0.25) is 0 Å². The number of aromatic nitrogens is 2. The number of phenolic OH excluding ortho intramolecular Hbond substituents is 2. The van der Waals surface area contributed by atoms with Gasteiger partial charge in [0.25, 0.3) is 0 Å². The normalized spacial score (nSPS) is 14.7. The second-order valence-corrected chi connectivity index (χ2v) is 8.72. The number of aromatic hydroxyl groups is 2. The molecule has 0 amide bonds. The molecule has 5 rings (SSSR count). The summed E-state index contributed by atoms with van der Waals surface area (Å²) < 4.78 is 14.9. The molecule has 0 fully saturated rings. The lowest BCUT2D eigenvalue weighted by Crippen LogP contribution is -2.43. The van der Waals surface area contributed by atoms with Gasteiger partial charge in [0.15, 0.2) is 11.1 Å². The number of fused-ring (bicyclic) bond motifs is 1. The molecule has 2 heterocycles. The Morgan fingerprint density at radius 3 is 2.24 bits per heavy atom. The standard InChI is InChI=1S/C25H18FN3O3S/c26-17-5-11-20(12-6-17)33-24-23-27-21(13-15-1-7-18(30)8-2-15)25(32)29(23)14-22(28-24)16-3-9-19(31)10-4-16/h1-12,14,21,30-31H,13H2/p+1. The second-order valence-electron chi connectivity index (χ2n) is 7.66. The highest BCUT2D eigenvalue weighted by Crippen LogP contribution is 2.34. The molecule has 3 N–H and O–H groups in total. The van der Waals surface area contributed by atoms with Gasteiger partial charge in [-0.1, -0.05) is 23.9 Å². The molecule has 1 aliphatic rings. The summed E-state index contributed by atoms with van der Waals surface area (Å²) in [7, 11) is 0. The number of carbonyl (C=O) groups excluding carboxylic acids is 1. The molecule has 0 saturated carbocycles. The first-order valence-electron chi connectivity index (χ1n) is 10.2. The van der Waals surface area contributed by atoms with Gasteiger partial charge in [0.1, 0.15) is 29.2 Å². The molecule has 1 aliphatic heterocycles. The van der Waals surface area contributed by atoms with Gasteiger partial charge >= 0.3 is 11.7 Å². The Morgan fingerprint density at radius 2 is 1.58 bits per heavy atom. The van der Waals surface area contributed by atoms with Gasteiger partial charge in [-0.3, -0.25) is 5.32 Å². The quantitative estimate of drug-likeness (QED) is 0.383. The first kappa shape index (κ1) is 21.0. The van der Waals surface area contributed by atoms with Crippen LogP contribution in [-0.2, 0) is 6.42 Å². The first-order chi connectivity index (χ1) is 16.0. The summed E-state index contributed by atoms with van der Waals surface area (Å²) in [5.74, 6) is 0.428. The Bertz CT molecular complexity index is 1330. The van der Waals surface area contributed by atoms with Gasteiger partial charge in [-0.05, 0) is 66.2 Å². The molecule has 0 saturated heterocycles. The van der Waals surface area contributed by atoms with Crippen LogP contribution in [0.2, 0.25) is 0 Å². The maximum Gasteiger partial charge on any atom is 0.359 e. The minimum Gasteiger partial charge on any atom is -0.508 e. The number of benzene rings is 3. The molecule has 1 aromatic heterocycles. The lowest BCUT2D eigenvalue weighted by atomic mass is 10.1. The van der Waals surface area contributed by atoms with Gasteiger partial charge in [-0.15, -0.1) is 0 Å². The van der Waals surface area contributed by atoms with Crippen molar-refractivity contribution >= 4 is 23.5 Å². The third-order valence-corrected chi connectivity index (χ3v) is 6.32. The van der Waals surface area contributed by atoms with E-state index in [2.05, 4.69) is 5.32 Å². The summed E-state index contributed by atoms with van der Waals surface area (Å²) >= 11 is 1.33. The van der Waals surface area contributed by atoms with Crippen LogP contribution in [-0.4, -0.2) is 27.1 Å². The fourth-order valence-corrected chi connectivity index (χ4v) is 4.54. The number of hydrogen-bond donors (Lipinski definition) is 3. The third kappa shape index (κ3) is 4.38. The molecule has 0 radical (unpaired) electrons. The molecule has 6 nitrogen and oxygen atoms in total. The van der Waals surface area contributed by atoms with Gasteiger partial charge in [-0.2, -0.15) is 4.57 Å². The fraction of sp³-hybridized carbons (Fsp3) is 0.0800. The highest BCUT2D eigenvalue weighted by molar-refractivity contribution is 7.99. The topological polar surface area (TPSA) is 86.3 Å². The number of hydrogen-bond acceptors (Lipinski definition) is 6. The summed E-state index contributed by atoms with van der Waals surface area (Å²) in [6.07, 6.45) is 2.12. The number of phenols is 2. The zero-order valence-electron chi connectivity index (χ0n) is 17.3. The summed E-state index contributed by atoms with van der Waals surface area (Å²) in [5, 5.41) is 23.0. The molecule has 1 atom stereocenters. The van der Waals surface area contributed by atoms with Crippen LogP contribution in [0.5, 0.6) is 11.5 Å². The number of carbonyl (C=O) groups is 1. The van der Waals surface area contributed by atoms with Crippen molar-refractivity contribution in [3.05, 3.63) is 90.4 Å². The van der Waals surface area contributed by atoms with Gasteiger partial charge < -0.3 is 10.2 Å². The van der Waals surface area contributed by atoms with Crippen LogP contribution in [0, 0.1) is 5.82 Å². The van der Waals surface area contributed by atoms with Crippen LogP contribution in [0.25, 0.3) is 11.3 Å². The summed E-state index contributed by atoms with van der Waals surface area (Å²) in [6, 6.07) is 18.9. The van der Waals surface area contributed by atoms with E-state index in [4.69, 9.17) is 4.98 Å². The Kier molecular flexibility index (Phi) is 5.43. The van der Waals surface area contributed by atoms with Gasteiger partial charge in [-0.25, -0.2) is 14.2 Å². The second kappa shape index (κ2) is 8.55. The number of nitrogens with zero attached hydrogens (tertiary/aromatic N) is 2. The fourth-order valence-electron chi connectivity index (χ4n) is 3.64. The molecule has 1 unspecified atom stereocenters. The van der Waals surface area contributed by atoms with Gasteiger partial charge in [0, 0.05) is 16.9 Å². The van der Waals surface area contributed by atoms with E-state index in [1.807, 2.05) is 0 Å². The SMILES string of the molecule is O=C1C(Cc2ccc(O)cc2)Nc2c(Sc3ccc(F)cc3)nc(-c3ccc(O)cc3)c[n+]21. The van der Waals surface area contributed by atoms with Crippen molar-refractivity contribution in [2.75, 3.05) is 5.32 Å². The third-order valence-electron chi connectivity index (χ3n) is 5.33. The zero-order valence-corrected chi connectivity index (χ0v) is 18.1. The van der Waals surface area contributed by atoms with E-state index in [0.29, 0.717) is 23.0 Å². The first-order valence-corrected chi connectivity index (χ1v) is 11.1. The Hall–Kier alpha value is -3.91. The van der Waals surface area contributed by atoms with E-state index in [1.54, 1.807) is 71.4 Å². The molecule has 33 heavy (non-hydrogen) atoms. The van der Waals surface area contributed by atoms with Crippen molar-refractivity contribution in [1.82, 2.24) is 4.98 Å². The minimum absolute atomic E-state index is 0.124.